The molecule has 0 fully saturated rings. The average molecular weight is 377 g/mol. The predicted molar refractivity (Wildman–Crippen MR) is 101 cm³/mol. The van der Waals surface area contributed by atoms with Gasteiger partial charge in [-0.1, -0.05) is 59.6 Å². The number of carbonyl (C=O) groups excluding carboxylic acids is 2. The number of carbonyl (C=O) groups is 2. The fourth-order valence-corrected chi connectivity index (χ4v) is 2.76. The summed E-state index contributed by atoms with van der Waals surface area (Å²) in [5.74, 6) is -0.724. The van der Waals surface area contributed by atoms with Gasteiger partial charge in [-0.2, -0.15) is 0 Å². The van der Waals surface area contributed by atoms with E-state index in [1.54, 1.807) is 12.1 Å². The molecule has 0 spiro atoms. The summed E-state index contributed by atoms with van der Waals surface area (Å²) in [5, 5.41) is 6.11. The molecule has 2 aromatic carbocycles. The second-order valence-electron chi connectivity index (χ2n) is 5.37. The van der Waals surface area contributed by atoms with Crippen molar-refractivity contribution in [2.24, 2.45) is 0 Å². The van der Waals surface area contributed by atoms with E-state index in [2.05, 4.69) is 17.2 Å². The van der Waals surface area contributed by atoms with Crippen LogP contribution in [0.15, 0.2) is 61.2 Å². The first-order valence-corrected chi connectivity index (χ1v) is 8.45. The highest BCUT2D eigenvalue weighted by atomic mass is 35.5. The average Bonchev–Trinajstić information content (AvgIpc) is 2.59. The fraction of sp³-hybridized carbons (Fsp3) is 0.158. The molecule has 2 rings (SSSR count). The molecule has 0 heterocycles. The Labute approximate surface area is 156 Å². The summed E-state index contributed by atoms with van der Waals surface area (Å²) in [4.78, 5) is 24.9. The van der Waals surface area contributed by atoms with Crippen LogP contribution in [0.1, 0.15) is 15.9 Å². The molecule has 0 saturated carbocycles. The summed E-state index contributed by atoms with van der Waals surface area (Å²) >= 11 is 11.9. The van der Waals surface area contributed by atoms with Crippen LogP contribution in [0, 0.1) is 0 Å². The van der Waals surface area contributed by atoms with Gasteiger partial charge in [-0.05, 0) is 23.8 Å². The van der Waals surface area contributed by atoms with Crippen molar-refractivity contribution >= 4 is 35.0 Å². The van der Waals surface area contributed by atoms with Crippen LogP contribution in [0.2, 0.25) is 10.0 Å². The van der Waals surface area contributed by atoms with Crippen LogP contribution in [-0.4, -0.2) is 24.4 Å². The maximum absolute atomic E-state index is 12.5. The van der Waals surface area contributed by atoms with Gasteiger partial charge < -0.3 is 10.6 Å². The molecule has 0 aliphatic rings. The lowest BCUT2D eigenvalue weighted by atomic mass is 10.0. The minimum absolute atomic E-state index is 0.231. The van der Waals surface area contributed by atoms with Crippen LogP contribution in [-0.2, 0) is 11.2 Å². The SMILES string of the molecule is C=CCNC(=O)C(Cc1ccccc1)NC(=O)c1ccc(Cl)cc1Cl. The van der Waals surface area contributed by atoms with Crippen molar-refractivity contribution in [2.45, 2.75) is 12.5 Å². The minimum Gasteiger partial charge on any atom is -0.351 e. The molecule has 130 valence electrons. The minimum atomic E-state index is -0.735. The molecule has 0 aromatic heterocycles. The number of hydrogen-bond donors (Lipinski definition) is 2. The van der Waals surface area contributed by atoms with Crippen molar-refractivity contribution in [1.29, 1.82) is 0 Å². The van der Waals surface area contributed by atoms with Gasteiger partial charge in [-0.25, -0.2) is 0 Å². The molecule has 1 atom stereocenters. The first-order chi connectivity index (χ1) is 12.0. The van der Waals surface area contributed by atoms with Gasteiger partial charge in [0.05, 0.1) is 10.6 Å². The quantitative estimate of drug-likeness (QED) is 0.724. The number of rotatable bonds is 7. The first kappa shape index (κ1) is 19.0. The molecule has 0 saturated heterocycles. The smallest absolute Gasteiger partial charge is 0.253 e. The van der Waals surface area contributed by atoms with Crippen molar-refractivity contribution in [1.82, 2.24) is 10.6 Å². The first-order valence-electron chi connectivity index (χ1n) is 7.69. The maximum Gasteiger partial charge on any atom is 0.253 e. The van der Waals surface area contributed by atoms with Gasteiger partial charge in [0.25, 0.3) is 5.91 Å². The molecule has 0 radical (unpaired) electrons. The Morgan fingerprint density at radius 3 is 2.48 bits per heavy atom. The highest BCUT2D eigenvalue weighted by molar-refractivity contribution is 6.36. The number of hydrogen-bond acceptors (Lipinski definition) is 2. The van der Waals surface area contributed by atoms with Gasteiger partial charge in [0, 0.05) is 18.0 Å². The molecule has 25 heavy (non-hydrogen) atoms. The standard InChI is InChI=1S/C19H18Cl2N2O2/c1-2-10-22-19(25)17(11-13-6-4-3-5-7-13)23-18(24)15-9-8-14(20)12-16(15)21/h2-9,12,17H,1,10-11H2,(H,22,25)(H,23,24). The van der Waals surface area contributed by atoms with Gasteiger partial charge in [0.15, 0.2) is 0 Å². The molecule has 0 aliphatic heterocycles. The van der Waals surface area contributed by atoms with Crippen molar-refractivity contribution in [3.8, 4) is 0 Å². The van der Waals surface area contributed by atoms with Gasteiger partial charge in [0.1, 0.15) is 6.04 Å². The van der Waals surface area contributed by atoms with Gasteiger partial charge in [0.2, 0.25) is 5.91 Å². The van der Waals surface area contributed by atoms with E-state index in [1.807, 2.05) is 30.3 Å². The van der Waals surface area contributed by atoms with Crippen molar-refractivity contribution in [3.63, 3.8) is 0 Å². The second-order valence-corrected chi connectivity index (χ2v) is 6.22. The Kier molecular flexibility index (Phi) is 7.04. The van der Waals surface area contributed by atoms with E-state index in [1.165, 1.54) is 12.1 Å². The third-order valence-corrected chi connectivity index (χ3v) is 4.05. The summed E-state index contributed by atoms with van der Waals surface area (Å²) < 4.78 is 0. The van der Waals surface area contributed by atoms with Gasteiger partial charge in [-0.3, -0.25) is 9.59 Å². The van der Waals surface area contributed by atoms with Gasteiger partial charge in [-0.15, -0.1) is 6.58 Å². The summed E-state index contributed by atoms with van der Waals surface area (Å²) in [6.45, 7) is 3.89. The van der Waals surface area contributed by atoms with Crippen molar-refractivity contribution in [2.75, 3.05) is 6.54 Å². The lowest BCUT2D eigenvalue weighted by Gasteiger charge is -2.19. The number of halogens is 2. The van der Waals surface area contributed by atoms with E-state index in [9.17, 15) is 9.59 Å². The van der Waals surface area contributed by atoms with Crippen LogP contribution >= 0.6 is 23.2 Å². The molecular weight excluding hydrogens is 359 g/mol. The number of benzene rings is 2. The van der Waals surface area contributed by atoms with E-state index in [0.29, 0.717) is 18.0 Å². The van der Waals surface area contributed by atoms with Crippen LogP contribution in [0.3, 0.4) is 0 Å². The second kappa shape index (κ2) is 9.25. The summed E-state index contributed by atoms with van der Waals surface area (Å²) in [6.07, 6.45) is 1.94. The lowest BCUT2D eigenvalue weighted by Crippen LogP contribution is -2.48. The van der Waals surface area contributed by atoms with E-state index < -0.39 is 11.9 Å². The van der Waals surface area contributed by atoms with E-state index in [-0.39, 0.29) is 16.5 Å². The summed E-state index contributed by atoms with van der Waals surface area (Å²) in [5.41, 5.74) is 1.20. The predicted octanol–water partition coefficient (Wildman–Crippen LogP) is 3.64. The highest BCUT2D eigenvalue weighted by Gasteiger charge is 2.22. The Hall–Kier alpha value is -2.30. The lowest BCUT2D eigenvalue weighted by molar-refractivity contribution is -0.122. The van der Waals surface area contributed by atoms with Crippen LogP contribution in [0.5, 0.6) is 0 Å². The fourth-order valence-electron chi connectivity index (χ4n) is 2.26. The Morgan fingerprint density at radius 1 is 1.12 bits per heavy atom. The Bertz CT molecular complexity index is 763. The van der Waals surface area contributed by atoms with Gasteiger partial charge >= 0.3 is 0 Å². The third kappa shape index (κ3) is 5.62. The molecular formula is C19H18Cl2N2O2. The van der Waals surface area contributed by atoms with E-state index in [4.69, 9.17) is 23.2 Å². The Morgan fingerprint density at radius 2 is 1.84 bits per heavy atom. The summed E-state index contributed by atoms with van der Waals surface area (Å²) in [6, 6.07) is 13.3. The zero-order valence-corrected chi connectivity index (χ0v) is 15.0. The van der Waals surface area contributed by atoms with Crippen LogP contribution < -0.4 is 10.6 Å². The molecule has 2 aromatic rings. The topological polar surface area (TPSA) is 58.2 Å². The molecule has 2 N–H and O–H groups in total. The molecule has 1 unspecified atom stereocenters. The zero-order chi connectivity index (χ0) is 18.2. The molecule has 0 aliphatic carbocycles. The highest BCUT2D eigenvalue weighted by Crippen LogP contribution is 2.21. The van der Waals surface area contributed by atoms with Crippen molar-refractivity contribution in [3.05, 3.63) is 82.4 Å². The molecule has 6 heteroatoms. The van der Waals surface area contributed by atoms with Crippen molar-refractivity contribution < 1.29 is 9.59 Å². The third-order valence-electron chi connectivity index (χ3n) is 3.50. The van der Waals surface area contributed by atoms with Crippen LogP contribution in [0.25, 0.3) is 0 Å². The maximum atomic E-state index is 12.5. The largest absolute Gasteiger partial charge is 0.351 e. The molecule has 2 amide bonds. The molecule has 4 nitrogen and oxygen atoms in total. The molecule has 0 bridgehead atoms. The summed E-state index contributed by atoms with van der Waals surface area (Å²) in [7, 11) is 0. The Balaban J connectivity index is 2.17. The normalized spacial score (nSPS) is 11.4. The van der Waals surface area contributed by atoms with Crippen LogP contribution in [0.4, 0.5) is 0 Å². The number of nitrogens with one attached hydrogen (secondary N) is 2. The van der Waals surface area contributed by atoms with E-state index in [0.717, 1.165) is 5.56 Å². The number of amides is 2. The van der Waals surface area contributed by atoms with E-state index >= 15 is 0 Å². The zero-order valence-electron chi connectivity index (χ0n) is 13.5. The monoisotopic (exact) mass is 376 g/mol.